The molecule has 0 spiro atoms. The number of hydrogen-bond donors (Lipinski definition) is 1. The van der Waals surface area contributed by atoms with E-state index >= 15 is 0 Å². The van der Waals surface area contributed by atoms with Crippen LogP contribution in [0.5, 0.6) is 5.75 Å². The van der Waals surface area contributed by atoms with Crippen LogP contribution in [0.1, 0.15) is 47.9 Å². The minimum Gasteiger partial charge on any atom is -0.496 e. The van der Waals surface area contributed by atoms with Crippen molar-refractivity contribution in [2.24, 2.45) is 5.92 Å². The molecule has 0 radical (unpaired) electrons. The molecule has 3 nitrogen and oxygen atoms in total. The molecule has 0 unspecified atom stereocenters. The number of rotatable bonds is 7. The lowest BCUT2D eigenvalue weighted by Gasteiger charge is -2.61. The molecule has 0 amide bonds. The van der Waals surface area contributed by atoms with E-state index in [0.29, 0.717) is 17.9 Å². The van der Waals surface area contributed by atoms with Crippen LogP contribution in [0.25, 0.3) is 0 Å². The Kier molecular flexibility index (Phi) is 6.27. The summed E-state index contributed by atoms with van der Waals surface area (Å²) >= 11 is 0. The minimum atomic E-state index is -0.0130. The fourth-order valence-electron chi connectivity index (χ4n) is 6.55. The highest BCUT2D eigenvalue weighted by molar-refractivity contribution is 5.40. The zero-order valence-electron chi connectivity index (χ0n) is 20.1. The van der Waals surface area contributed by atoms with Crippen molar-refractivity contribution in [1.82, 2.24) is 10.2 Å². The Morgan fingerprint density at radius 2 is 1.55 bits per heavy atom. The van der Waals surface area contributed by atoms with Crippen LogP contribution < -0.4 is 10.1 Å². The second kappa shape index (κ2) is 9.32. The molecular weight excluding hydrogens is 404 g/mol. The molecule has 3 aliphatic rings. The van der Waals surface area contributed by atoms with Crippen LogP contribution >= 0.6 is 0 Å². The molecule has 3 saturated heterocycles. The van der Waals surface area contributed by atoms with Crippen molar-refractivity contribution in [2.75, 3.05) is 20.2 Å². The smallest absolute Gasteiger partial charge is 0.123 e. The van der Waals surface area contributed by atoms with Crippen molar-refractivity contribution in [2.45, 2.75) is 50.7 Å². The van der Waals surface area contributed by atoms with Gasteiger partial charge in [-0.2, -0.15) is 0 Å². The molecule has 3 fully saturated rings. The van der Waals surface area contributed by atoms with Crippen LogP contribution in [0.3, 0.4) is 0 Å². The normalized spacial score (nSPS) is 26.5. The minimum absolute atomic E-state index is 0.0130. The van der Waals surface area contributed by atoms with E-state index in [1.165, 1.54) is 48.2 Å². The zero-order valence-corrected chi connectivity index (χ0v) is 20.1. The first kappa shape index (κ1) is 22.2. The van der Waals surface area contributed by atoms with Crippen molar-refractivity contribution < 1.29 is 4.74 Å². The second-order valence-corrected chi connectivity index (χ2v) is 9.98. The highest BCUT2D eigenvalue weighted by atomic mass is 16.5. The number of benzene rings is 3. The lowest BCUT2D eigenvalue weighted by molar-refractivity contribution is -0.0612. The molecule has 172 valence electrons. The average molecular weight is 441 g/mol. The monoisotopic (exact) mass is 440 g/mol. The molecule has 6 rings (SSSR count). The molecule has 3 aromatic rings. The third-order valence-electron chi connectivity index (χ3n) is 8.12. The van der Waals surface area contributed by atoms with E-state index in [2.05, 4.69) is 103 Å². The van der Waals surface area contributed by atoms with E-state index in [9.17, 15) is 0 Å². The Bertz CT molecular complexity index is 1020. The molecule has 0 aliphatic carbocycles. The largest absolute Gasteiger partial charge is 0.496 e. The van der Waals surface area contributed by atoms with Gasteiger partial charge in [0.05, 0.1) is 7.11 Å². The van der Waals surface area contributed by atoms with E-state index in [-0.39, 0.29) is 5.54 Å². The van der Waals surface area contributed by atoms with Gasteiger partial charge in [-0.1, -0.05) is 78.4 Å². The fourth-order valence-corrected chi connectivity index (χ4v) is 6.55. The summed E-state index contributed by atoms with van der Waals surface area (Å²) in [5.74, 6) is 1.96. The lowest BCUT2D eigenvalue weighted by Crippen LogP contribution is -2.71. The topological polar surface area (TPSA) is 24.5 Å². The van der Waals surface area contributed by atoms with Gasteiger partial charge in [0, 0.05) is 29.6 Å². The third-order valence-corrected chi connectivity index (χ3v) is 8.12. The summed E-state index contributed by atoms with van der Waals surface area (Å²) in [4.78, 5) is 2.77. The quantitative estimate of drug-likeness (QED) is 0.504. The summed E-state index contributed by atoms with van der Waals surface area (Å²) in [5.41, 5.74) is 5.31. The first-order valence-electron chi connectivity index (χ1n) is 12.3. The van der Waals surface area contributed by atoms with Crippen LogP contribution in [-0.4, -0.2) is 36.7 Å². The number of aryl methyl sites for hydroxylation is 1. The molecule has 0 aromatic heterocycles. The third kappa shape index (κ3) is 4.09. The van der Waals surface area contributed by atoms with E-state index in [0.717, 1.165) is 12.3 Å². The van der Waals surface area contributed by atoms with E-state index < -0.39 is 0 Å². The summed E-state index contributed by atoms with van der Waals surface area (Å²) in [5, 5.41) is 4.06. The maximum absolute atomic E-state index is 5.69. The van der Waals surface area contributed by atoms with Crippen LogP contribution in [0.15, 0.2) is 78.9 Å². The second-order valence-electron chi connectivity index (χ2n) is 9.98. The van der Waals surface area contributed by atoms with Gasteiger partial charge in [0.1, 0.15) is 5.75 Å². The molecule has 33 heavy (non-hydrogen) atoms. The Hall–Kier alpha value is -2.62. The van der Waals surface area contributed by atoms with Crippen molar-refractivity contribution in [1.29, 1.82) is 0 Å². The molecule has 3 aromatic carbocycles. The first-order valence-corrected chi connectivity index (χ1v) is 12.3. The fraction of sp³-hybridized carbons (Fsp3) is 0.400. The lowest BCUT2D eigenvalue weighted by atomic mass is 9.62. The maximum Gasteiger partial charge on any atom is 0.123 e. The maximum atomic E-state index is 5.69. The number of fused-ring (bicyclic) bond motifs is 3. The average Bonchev–Trinajstić information content (AvgIpc) is 2.86. The molecule has 3 aliphatic heterocycles. The van der Waals surface area contributed by atoms with Gasteiger partial charge in [-0.05, 0) is 62.9 Å². The summed E-state index contributed by atoms with van der Waals surface area (Å²) in [6.07, 6.45) is 2.54. The van der Waals surface area contributed by atoms with Gasteiger partial charge >= 0.3 is 0 Å². The predicted molar refractivity (Wildman–Crippen MR) is 136 cm³/mol. The highest BCUT2D eigenvalue weighted by Gasteiger charge is 2.54. The van der Waals surface area contributed by atoms with E-state index in [1.54, 1.807) is 7.11 Å². The zero-order chi connectivity index (χ0) is 22.8. The summed E-state index contributed by atoms with van der Waals surface area (Å²) in [6.45, 7) is 7.86. The standard InChI is InChI=1S/C30H36N2O/c1-22-14-15-27(33-3)26(20-22)21-31-29-25-16-18-32(19-17-25)30(29,2)28(23-10-6-4-7-11-23)24-12-8-5-9-13-24/h4-15,20,25,28-29,31H,16-19,21H2,1-3H3/t29-,30-/m0/s1. The van der Waals surface area contributed by atoms with Crippen molar-refractivity contribution in [3.63, 3.8) is 0 Å². The molecule has 0 saturated carbocycles. The van der Waals surface area contributed by atoms with Gasteiger partial charge in [-0.3, -0.25) is 4.90 Å². The van der Waals surface area contributed by atoms with Gasteiger partial charge in [0.25, 0.3) is 0 Å². The molecule has 3 heteroatoms. The summed E-state index contributed by atoms with van der Waals surface area (Å²) < 4.78 is 5.69. The highest BCUT2D eigenvalue weighted by Crippen LogP contribution is 2.49. The van der Waals surface area contributed by atoms with E-state index in [1.807, 2.05) is 0 Å². The number of piperidine rings is 3. The van der Waals surface area contributed by atoms with Gasteiger partial charge in [-0.25, -0.2) is 0 Å². The Morgan fingerprint density at radius 1 is 0.939 bits per heavy atom. The summed E-state index contributed by atoms with van der Waals surface area (Å²) in [7, 11) is 1.77. The van der Waals surface area contributed by atoms with Gasteiger partial charge in [0.15, 0.2) is 0 Å². The van der Waals surface area contributed by atoms with Crippen LogP contribution in [-0.2, 0) is 6.54 Å². The Morgan fingerprint density at radius 3 is 2.12 bits per heavy atom. The van der Waals surface area contributed by atoms with Crippen molar-refractivity contribution in [3.8, 4) is 5.75 Å². The van der Waals surface area contributed by atoms with Crippen molar-refractivity contribution in [3.05, 3.63) is 101 Å². The Labute approximate surface area is 198 Å². The molecule has 1 N–H and O–H groups in total. The number of ether oxygens (including phenoxy) is 1. The van der Waals surface area contributed by atoms with Gasteiger partial charge in [-0.15, -0.1) is 0 Å². The van der Waals surface area contributed by atoms with Gasteiger partial charge < -0.3 is 10.1 Å². The van der Waals surface area contributed by atoms with Gasteiger partial charge in [0.2, 0.25) is 0 Å². The Balaban J connectivity index is 1.55. The molecule has 2 atom stereocenters. The number of hydrogen-bond acceptors (Lipinski definition) is 3. The predicted octanol–water partition coefficient (Wildman–Crippen LogP) is 5.78. The molecular formula is C30H36N2O. The van der Waals surface area contributed by atoms with Crippen molar-refractivity contribution >= 4 is 0 Å². The molecule has 2 bridgehead atoms. The SMILES string of the molecule is COc1ccc(C)cc1CN[C@H]1C2CCN(CC2)[C@@]1(C)C(c1ccccc1)c1ccccc1. The summed E-state index contributed by atoms with van der Waals surface area (Å²) in [6, 6.07) is 29.1. The number of nitrogens with one attached hydrogen (secondary N) is 1. The number of nitrogens with zero attached hydrogens (tertiary/aromatic N) is 1. The van der Waals surface area contributed by atoms with Crippen LogP contribution in [0.4, 0.5) is 0 Å². The molecule has 3 heterocycles. The van der Waals surface area contributed by atoms with Crippen LogP contribution in [0, 0.1) is 12.8 Å². The number of methoxy groups -OCH3 is 1. The first-order chi connectivity index (χ1) is 16.1. The van der Waals surface area contributed by atoms with E-state index in [4.69, 9.17) is 4.74 Å². The van der Waals surface area contributed by atoms with Crippen LogP contribution in [0.2, 0.25) is 0 Å².